The Morgan fingerprint density at radius 2 is 1.82 bits per heavy atom. The molecule has 1 aliphatic heterocycles. The summed E-state index contributed by atoms with van der Waals surface area (Å²) in [5.41, 5.74) is 4.58. The van der Waals surface area contributed by atoms with Gasteiger partial charge in [-0.15, -0.1) is 0 Å². The third kappa shape index (κ3) is 2.84. The molecule has 0 N–H and O–H groups in total. The van der Waals surface area contributed by atoms with Gasteiger partial charge in [0.05, 0.1) is 0 Å². The van der Waals surface area contributed by atoms with Crippen molar-refractivity contribution in [3.05, 3.63) is 69.9 Å². The third-order valence-corrected chi connectivity index (χ3v) is 6.45. The fourth-order valence-corrected chi connectivity index (χ4v) is 5.19. The Morgan fingerprint density at radius 3 is 2.64 bits per heavy atom. The molecule has 0 saturated heterocycles. The van der Waals surface area contributed by atoms with Gasteiger partial charge < -0.3 is 4.90 Å². The summed E-state index contributed by atoms with van der Waals surface area (Å²) in [6.07, 6.45) is 2.91. The molecule has 6 heteroatoms. The van der Waals surface area contributed by atoms with Gasteiger partial charge in [0.25, 0.3) is 0 Å². The van der Waals surface area contributed by atoms with Crippen molar-refractivity contribution in [1.82, 2.24) is 14.5 Å². The number of hydrogen-bond acceptors (Lipinski definition) is 5. The summed E-state index contributed by atoms with van der Waals surface area (Å²) in [6.45, 7) is 3.10. The zero-order valence-electron chi connectivity index (χ0n) is 15.6. The number of hydrogen-bond donors (Lipinski definition) is 0. The lowest BCUT2D eigenvalue weighted by Crippen LogP contribution is -2.16. The maximum atomic E-state index is 5.75. The average Bonchev–Trinajstić information content (AvgIpc) is 3.29. The molecule has 0 amide bonds. The van der Waals surface area contributed by atoms with E-state index < -0.39 is 0 Å². The molecule has 0 aliphatic carbocycles. The van der Waals surface area contributed by atoms with E-state index in [1.54, 1.807) is 11.3 Å². The first-order valence-corrected chi connectivity index (χ1v) is 10.8. The van der Waals surface area contributed by atoms with E-state index >= 15 is 0 Å². The normalized spacial score (nSPS) is 13.2. The highest BCUT2D eigenvalue weighted by Crippen LogP contribution is 2.39. The van der Waals surface area contributed by atoms with Crippen molar-refractivity contribution in [2.45, 2.75) is 26.2 Å². The van der Waals surface area contributed by atoms with Crippen LogP contribution in [0.5, 0.6) is 0 Å². The molecule has 3 heterocycles. The van der Waals surface area contributed by atoms with Crippen LogP contribution >= 0.6 is 23.6 Å². The average molecular weight is 405 g/mol. The summed E-state index contributed by atoms with van der Waals surface area (Å²) in [7, 11) is 0. The Kier molecular flexibility index (Phi) is 4.45. The molecule has 0 fully saturated rings. The second-order valence-electron chi connectivity index (χ2n) is 6.94. The minimum Gasteiger partial charge on any atom is -0.324 e. The lowest BCUT2D eigenvalue weighted by molar-refractivity contribution is 0.831. The molecular weight excluding hydrogens is 384 g/mol. The van der Waals surface area contributed by atoms with Crippen LogP contribution in [0.15, 0.2) is 54.6 Å². The van der Waals surface area contributed by atoms with E-state index in [1.807, 2.05) is 18.2 Å². The van der Waals surface area contributed by atoms with Crippen molar-refractivity contribution in [3.63, 3.8) is 0 Å². The zero-order chi connectivity index (χ0) is 19.1. The highest BCUT2D eigenvalue weighted by atomic mass is 32.1. The van der Waals surface area contributed by atoms with Gasteiger partial charge in [-0.1, -0.05) is 54.7 Å². The van der Waals surface area contributed by atoms with E-state index in [9.17, 15) is 0 Å². The topological polar surface area (TPSA) is 34.0 Å². The van der Waals surface area contributed by atoms with E-state index in [2.05, 4.69) is 52.8 Å². The summed E-state index contributed by atoms with van der Waals surface area (Å²) in [4.78, 5) is 12.2. The van der Waals surface area contributed by atoms with Gasteiger partial charge in [0.2, 0.25) is 0 Å². The Morgan fingerprint density at radius 1 is 1.04 bits per heavy atom. The number of thiazole rings is 1. The van der Waals surface area contributed by atoms with Crippen LogP contribution in [-0.4, -0.2) is 21.1 Å². The van der Waals surface area contributed by atoms with Crippen LogP contribution in [0.4, 0.5) is 11.5 Å². The number of nitrogens with zero attached hydrogens (tertiary/aromatic N) is 4. The summed E-state index contributed by atoms with van der Waals surface area (Å²) in [5, 5.41) is 0. The van der Waals surface area contributed by atoms with Crippen LogP contribution in [0.25, 0.3) is 16.0 Å². The van der Waals surface area contributed by atoms with E-state index in [0.29, 0.717) is 0 Å². The number of aryl methyl sites for hydroxylation is 1. The molecule has 4 aromatic rings. The first-order chi connectivity index (χ1) is 13.8. The number of anilines is 2. The molecule has 0 bridgehead atoms. The van der Waals surface area contributed by atoms with Crippen molar-refractivity contribution in [3.8, 4) is 5.69 Å². The minimum absolute atomic E-state index is 0.804. The Balaban J connectivity index is 1.77. The van der Waals surface area contributed by atoms with Crippen LogP contribution in [0.3, 0.4) is 0 Å². The standard InChI is InChI=1S/C22H20N4S2/c1-2-8-18-23-20(25-14-13-15-9-6-7-12-17(15)25)19-21(24-18)26(22(27)28-19)16-10-4-3-5-11-16/h3-7,9-12H,2,8,13-14H2,1H3. The molecule has 2 aromatic heterocycles. The van der Waals surface area contributed by atoms with Crippen molar-refractivity contribution in [2.24, 2.45) is 0 Å². The SMILES string of the molecule is CCCc1nc(N2CCc3ccccc32)c2sc(=S)n(-c3ccccc3)c2n1. The number of fused-ring (bicyclic) bond motifs is 2. The predicted octanol–water partition coefficient (Wildman–Crippen LogP) is 5.86. The number of aromatic nitrogens is 3. The van der Waals surface area contributed by atoms with Gasteiger partial charge in [-0.3, -0.25) is 4.57 Å². The van der Waals surface area contributed by atoms with Gasteiger partial charge in [0.15, 0.2) is 15.4 Å². The quantitative estimate of drug-likeness (QED) is 0.399. The predicted molar refractivity (Wildman–Crippen MR) is 119 cm³/mol. The highest BCUT2D eigenvalue weighted by molar-refractivity contribution is 7.73. The van der Waals surface area contributed by atoms with Crippen LogP contribution in [0, 0.1) is 3.95 Å². The van der Waals surface area contributed by atoms with Gasteiger partial charge >= 0.3 is 0 Å². The maximum absolute atomic E-state index is 5.75. The molecule has 0 saturated carbocycles. The van der Waals surface area contributed by atoms with Gasteiger partial charge in [-0.05, 0) is 48.8 Å². The van der Waals surface area contributed by atoms with Crippen molar-refractivity contribution < 1.29 is 0 Å². The molecular formula is C22H20N4S2. The van der Waals surface area contributed by atoms with Crippen molar-refractivity contribution in [2.75, 3.05) is 11.4 Å². The Hall–Kier alpha value is -2.57. The van der Waals surface area contributed by atoms with E-state index in [0.717, 1.165) is 57.4 Å². The van der Waals surface area contributed by atoms with Crippen molar-refractivity contribution in [1.29, 1.82) is 0 Å². The minimum atomic E-state index is 0.804. The maximum Gasteiger partial charge on any atom is 0.168 e. The molecule has 0 unspecified atom stereocenters. The molecule has 2 aromatic carbocycles. The Bertz CT molecular complexity index is 1210. The fourth-order valence-electron chi connectivity index (χ4n) is 3.81. The van der Waals surface area contributed by atoms with Crippen LogP contribution in [0.2, 0.25) is 0 Å². The van der Waals surface area contributed by atoms with Gasteiger partial charge in [0.1, 0.15) is 10.5 Å². The van der Waals surface area contributed by atoms with Crippen molar-refractivity contribution >= 4 is 45.4 Å². The molecule has 140 valence electrons. The Labute approximate surface area is 173 Å². The number of rotatable bonds is 4. The molecule has 4 nitrogen and oxygen atoms in total. The van der Waals surface area contributed by atoms with Crippen LogP contribution < -0.4 is 4.90 Å². The molecule has 0 atom stereocenters. The summed E-state index contributed by atoms with van der Waals surface area (Å²) in [6, 6.07) is 18.8. The smallest absolute Gasteiger partial charge is 0.168 e. The lowest BCUT2D eigenvalue weighted by Gasteiger charge is -2.19. The van der Waals surface area contributed by atoms with Gasteiger partial charge in [-0.25, -0.2) is 9.97 Å². The number of para-hydroxylation sites is 2. The summed E-state index contributed by atoms with van der Waals surface area (Å²) in [5.74, 6) is 1.87. The largest absolute Gasteiger partial charge is 0.324 e. The molecule has 5 rings (SSSR count). The van der Waals surface area contributed by atoms with Gasteiger partial charge in [0, 0.05) is 24.3 Å². The molecule has 0 spiro atoms. The number of benzene rings is 2. The highest BCUT2D eigenvalue weighted by Gasteiger charge is 2.25. The molecule has 0 radical (unpaired) electrons. The van der Waals surface area contributed by atoms with E-state index in [4.69, 9.17) is 22.2 Å². The second kappa shape index (κ2) is 7.11. The molecule has 28 heavy (non-hydrogen) atoms. The first kappa shape index (κ1) is 17.5. The summed E-state index contributed by atoms with van der Waals surface area (Å²) >= 11 is 7.35. The summed E-state index contributed by atoms with van der Waals surface area (Å²) < 4.78 is 3.95. The zero-order valence-corrected chi connectivity index (χ0v) is 17.3. The van der Waals surface area contributed by atoms with Gasteiger partial charge in [-0.2, -0.15) is 0 Å². The molecule has 1 aliphatic rings. The van der Waals surface area contributed by atoms with E-state index in [-0.39, 0.29) is 0 Å². The van der Waals surface area contributed by atoms with Crippen LogP contribution in [-0.2, 0) is 12.8 Å². The van der Waals surface area contributed by atoms with E-state index in [1.165, 1.54) is 11.3 Å². The van der Waals surface area contributed by atoms with Crippen LogP contribution in [0.1, 0.15) is 24.7 Å². The fraction of sp³-hybridized carbons (Fsp3) is 0.227. The monoisotopic (exact) mass is 404 g/mol. The first-order valence-electron chi connectivity index (χ1n) is 9.59. The second-order valence-corrected chi connectivity index (χ2v) is 8.58. The third-order valence-electron chi connectivity index (χ3n) is 5.09. The lowest BCUT2D eigenvalue weighted by atomic mass is 10.2.